The smallest absolute Gasteiger partial charge is 0.314 e. The quantitative estimate of drug-likeness (QED) is 0.639. The molecule has 160 valence electrons. The topological polar surface area (TPSA) is 15.3 Å². The summed E-state index contributed by atoms with van der Waals surface area (Å²) in [5, 5.41) is 3.09. The Morgan fingerprint density at radius 2 is 1.50 bits per heavy atom. The Balaban J connectivity index is 0.00000280. The van der Waals surface area contributed by atoms with E-state index in [0.29, 0.717) is 39.0 Å². The summed E-state index contributed by atoms with van der Waals surface area (Å²) in [4.78, 5) is 1.79. The molecule has 0 unspecified atom stereocenters. The van der Waals surface area contributed by atoms with E-state index < -0.39 is 40.9 Å². The molecule has 0 radical (unpaired) electrons. The molecule has 1 aromatic carbocycles. The molecule has 2 fully saturated rings. The second-order valence-electron chi connectivity index (χ2n) is 7.19. The molecule has 10 heteroatoms. The fourth-order valence-electron chi connectivity index (χ4n) is 4.27. The Morgan fingerprint density at radius 3 is 2.00 bits per heavy atom. The van der Waals surface area contributed by atoms with Crippen molar-refractivity contribution in [1.82, 2.24) is 10.2 Å². The summed E-state index contributed by atoms with van der Waals surface area (Å²) in [5.74, 6) is -1.62. The number of nitrogens with one attached hydrogen (secondary N) is 1. The highest BCUT2D eigenvalue weighted by Crippen LogP contribution is 2.47. The zero-order valence-electron chi connectivity index (χ0n) is 15.0. The maximum absolute atomic E-state index is 14.8. The molecule has 1 atom stereocenters. The van der Waals surface area contributed by atoms with Crippen molar-refractivity contribution in [1.29, 1.82) is 0 Å². The minimum atomic E-state index is -5.07. The lowest BCUT2D eigenvalue weighted by Gasteiger charge is -2.40. The summed E-state index contributed by atoms with van der Waals surface area (Å²) in [5.41, 5.74) is -3.75. The summed E-state index contributed by atoms with van der Waals surface area (Å²) < 4.78 is 94.6. The number of halogens is 8. The number of alkyl halides is 6. The van der Waals surface area contributed by atoms with E-state index in [4.69, 9.17) is 0 Å². The SMILES string of the molecule is Cl.Fc1cc(C(F)(F)F)cc(C(F)(F)F)c1[C@H](C1CCCC1)N1CCNCC1. The molecule has 28 heavy (non-hydrogen) atoms. The van der Waals surface area contributed by atoms with Gasteiger partial charge in [0.1, 0.15) is 5.82 Å². The van der Waals surface area contributed by atoms with Crippen LogP contribution in [0.1, 0.15) is 48.4 Å². The second-order valence-corrected chi connectivity index (χ2v) is 7.19. The molecule has 1 aliphatic carbocycles. The summed E-state index contributed by atoms with van der Waals surface area (Å²) in [6, 6.07) is -0.606. The van der Waals surface area contributed by atoms with Gasteiger partial charge in [0.05, 0.1) is 11.1 Å². The van der Waals surface area contributed by atoms with E-state index in [1.54, 1.807) is 4.90 Å². The minimum absolute atomic E-state index is 0. The number of hydrogen-bond acceptors (Lipinski definition) is 2. The first-order valence-corrected chi connectivity index (χ1v) is 9.01. The van der Waals surface area contributed by atoms with Crippen LogP contribution < -0.4 is 5.32 Å². The first kappa shape index (κ1) is 23.2. The number of hydrogen-bond donors (Lipinski definition) is 1. The Bertz CT molecular complexity index is 663. The first-order chi connectivity index (χ1) is 12.6. The first-order valence-electron chi connectivity index (χ1n) is 9.01. The largest absolute Gasteiger partial charge is 0.416 e. The predicted molar refractivity (Wildman–Crippen MR) is 92.8 cm³/mol. The Morgan fingerprint density at radius 1 is 0.929 bits per heavy atom. The molecule has 1 heterocycles. The van der Waals surface area contributed by atoms with Crippen LogP contribution in [0.5, 0.6) is 0 Å². The number of rotatable bonds is 3. The van der Waals surface area contributed by atoms with Gasteiger partial charge in [-0.1, -0.05) is 12.8 Å². The van der Waals surface area contributed by atoms with E-state index in [1.807, 2.05) is 0 Å². The second kappa shape index (κ2) is 8.75. The van der Waals surface area contributed by atoms with Crippen molar-refractivity contribution >= 4 is 12.4 Å². The molecule has 0 bridgehead atoms. The van der Waals surface area contributed by atoms with Gasteiger partial charge in [0.2, 0.25) is 0 Å². The van der Waals surface area contributed by atoms with Crippen molar-refractivity contribution in [2.45, 2.75) is 44.1 Å². The molecule has 1 N–H and O–H groups in total. The standard InChI is InChI=1S/C18H21F7N2.ClH/c19-14-10-12(17(20,21)22)9-13(18(23,24)25)15(14)16(11-3-1-2-4-11)27-7-5-26-6-8-27;/h9-11,16,26H,1-8H2;1H/t16-;/m0./s1. The van der Waals surface area contributed by atoms with Crippen LogP contribution in [0, 0.1) is 11.7 Å². The minimum Gasteiger partial charge on any atom is -0.314 e. The van der Waals surface area contributed by atoms with Crippen molar-refractivity contribution in [3.05, 3.63) is 34.6 Å². The maximum Gasteiger partial charge on any atom is 0.416 e. The third-order valence-corrected chi connectivity index (χ3v) is 5.45. The number of nitrogens with zero attached hydrogens (tertiary/aromatic N) is 1. The van der Waals surface area contributed by atoms with Gasteiger partial charge < -0.3 is 5.32 Å². The van der Waals surface area contributed by atoms with Gasteiger partial charge in [-0.3, -0.25) is 4.90 Å². The normalized spacial score (nSPS) is 20.8. The molecule has 3 rings (SSSR count). The summed E-state index contributed by atoms with van der Waals surface area (Å²) in [6.45, 7) is 1.96. The fourth-order valence-corrected chi connectivity index (χ4v) is 4.27. The van der Waals surface area contributed by atoms with Gasteiger partial charge in [-0.05, 0) is 30.9 Å². The maximum atomic E-state index is 14.8. The van der Waals surface area contributed by atoms with E-state index in [0.717, 1.165) is 12.8 Å². The molecular weight excluding hydrogens is 413 g/mol. The molecule has 1 aliphatic heterocycles. The van der Waals surface area contributed by atoms with Crippen molar-refractivity contribution in [3.63, 3.8) is 0 Å². The molecule has 0 aromatic heterocycles. The summed E-state index contributed by atoms with van der Waals surface area (Å²) in [7, 11) is 0. The lowest BCUT2D eigenvalue weighted by molar-refractivity contribution is -0.144. The van der Waals surface area contributed by atoms with Gasteiger partial charge in [-0.25, -0.2) is 4.39 Å². The monoisotopic (exact) mass is 434 g/mol. The van der Waals surface area contributed by atoms with E-state index in [9.17, 15) is 30.7 Å². The molecule has 1 saturated carbocycles. The van der Waals surface area contributed by atoms with Gasteiger partial charge in [0, 0.05) is 37.8 Å². The van der Waals surface area contributed by atoms with Crippen LogP contribution in [0.2, 0.25) is 0 Å². The highest BCUT2D eigenvalue weighted by Gasteiger charge is 2.44. The lowest BCUT2D eigenvalue weighted by atomic mass is 9.85. The van der Waals surface area contributed by atoms with Crippen LogP contribution in [0.4, 0.5) is 30.7 Å². The molecule has 1 saturated heterocycles. The Labute approximate surface area is 164 Å². The zero-order chi connectivity index (χ0) is 19.8. The van der Waals surface area contributed by atoms with E-state index in [-0.39, 0.29) is 30.5 Å². The molecule has 2 aliphatic rings. The van der Waals surface area contributed by atoms with Crippen molar-refractivity contribution in [3.8, 4) is 0 Å². The Hall–Kier alpha value is -1.06. The average molecular weight is 435 g/mol. The fraction of sp³-hybridized carbons (Fsp3) is 0.667. The van der Waals surface area contributed by atoms with Crippen LogP contribution in [-0.4, -0.2) is 31.1 Å². The van der Waals surface area contributed by atoms with Gasteiger partial charge in [-0.15, -0.1) is 12.4 Å². The summed E-state index contributed by atoms with van der Waals surface area (Å²) >= 11 is 0. The van der Waals surface area contributed by atoms with Crippen LogP contribution in [0.15, 0.2) is 12.1 Å². The van der Waals surface area contributed by atoms with Gasteiger partial charge in [0.25, 0.3) is 0 Å². The number of piperazine rings is 1. The molecule has 2 nitrogen and oxygen atoms in total. The average Bonchev–Trinajstić information content (AvgIpc) is 3.09. The van der Waals surface area contributed by atoms with Crippen molar-refractivity contribution in [2.75, 3.05) is 26.2 Å². The van der Waals surface area contributed by atoms with E-state index in [1.165, 1.54) is 0 Å². The van der Waals surface area contributed by atoms with Crippen LogP contribution in [-0.2, 0) is 12.4 Å². The van der Waals surface area contributed by atoms with Crippen LogP contribution in [0.25, 0.3) is 0 Å². The molecule has 0 amide bonds. The van der Waals surface area contributed by atoms with Crippen LogP contribution >= 0.6 is 12.4 Å². The summed E-state index contributed by atoms with van der Waals surface area (Å²) in [6.07, 6.45) is -7.16. The highest BCUT2D eigenvalue weighted by molar-refractivity contribution is 5.85. The van der Waals surface area contributed by atoms with E-state index in [2.05, 4.69) is 5.32 Å². The number of benzene rings is 1. The Kier molecular flexibility index (Phi) is 7.26. The van der Waals surface area contributed by atoms with Crippen LogP contribution in [0.3, 0.4) is 0 Å². The predicted octanol–water partition coefficient (Wildman–Crippen LogP) is 5.42. The van der Waals surface area contributed by atoms with E-state index >= 15 is 0 Å². The third-order valence-electron chi connectivity index (χ3n) is 5.45. The molecule has 0 spiro atoms. The zero-order valence-corrected chi connectivity index (χ0v) is 15.8. The van der Waals surface area contributed by atoms with Gasteiger partial charge >= 0.3 is 12.4 Å². The third kappa shape index (κ3) is 4.91. The highest BCUT2D eigenvalue weighted by atomic mass is 35.5. The van der Waals surface area contributed by atoms with Gasteiger partial charge in [0.15, 0.2) is 0 Å². The lowest BCUT2D eigenvalue weighted by Crippen LogP contribution is -2.47. The van der Waals surface area contributed by atoms with Crippen molar-refractivity contribution < 1.29 is 30.7 Å². The van der Waals surface area contributed by atoms with Gasteiger partial charge in [-0.2, -0.15) is 26.3 Å². The molecular formula is C18H22ClF7N2. The molecule has 1 aromatic rings. The van der Waals surface area contributed by atoms with Crippen molar-refractivity contribution in [2.24, 2.45) is 5.92 Å².